The minimum atomic E-state index is -0.702. The number of nitrogens with zero attached hydrogens (tertiary/aromatic N) is 2. The van der Waals surface area contributed by atoms with Gasteiger partial charge in [0.1, 0.15) is 11.6 Å². The van der Waals surface area contributed by atoms with Crippen molar-refractivity contribution in [2.45, 2.75) is 24.7 Å². The lowest BCUT2D eigenvalue weighted by atomic mass is 9.80. The fourth-order valence-corrected chi connectivity index (χ4v) is 5.10. The molecule has 2 aliphatic rings. The topological polar surface area (TPSA) is 91.5 Å². The third kappa shape index (κ3) is 3.04. The van der Waals surface area contributed by atoms with Gasteiger partial charge in [-0.3, -0.25) is 4.79 Å². The third-order valence-electron chi connectivity index (χ3n) is 6.19. The van der Waals surface area contributed by atoms with E-state index < -0.39 is 11.7 Å². The van der Waals surface area contributed by atoms with Crippen molar-refractivity contribution in [2.75, 3.05) is 38.3 Å². The van der Waals surface area contributed by atoms with Gasteiger partial charge in [-0.2, -0.15) is 0 Å². The first-order valence-corrected chi connectivity index (χ1v) is 10.0. The van der Waals surface area contributed by atoms with Gasteiger partial charge in [-0.05, 0) is 37.3 Å². The minimum absolute atomic E-state index is 0.0786. The lowest BCUT2D eigenvalue weighted by Crippen LogP contribution is -2.26. The molecule has 1 aromatic carbocycles. The van der Waals surface area contributed by atoms with E-state index in [1.165, 1.54) is 23.2 Å². The molecule has 1 saturated carbocycles. The van der Waals surface area contributed by atoms with E-state index in [9.17, 15) is 9.90 Å². The maximum atomic E-state index is 15.4. The first-order valence-electron chi connectivity index (χ1n) is 9.63. The monoisotopic (exact) mass is 418 g/mol. The summed E-state index contributed by atoms with van der Waals surface area (Å²) < 4.78 is 15.4. The van der Waals surface area contributed by atoms with E-state index in [-0.39, 0.29) is 34.8 Å². The van der Waals surface area contributed by atoms with Crippen LogP contribution in [-0.4, -0.2) is 48.1 Å². The van der Waals surface area contributed by atoms with E-state index in [1.807, 2.05) is 0 Å². The molecule has 29 heavy (non-hydrogen) atoms. The van der Waals surface area contributed by atoms with Crippen molar-refractivity contribution in [2.24, 2.45) is 5.92 Å². The molecule has 0 saturated heterocycles. The van der Waals surface area contributed by atoms with E-state index >= 15 is 4.39 Å². The summed E-state index contributed by atoms with van der Waals surface area (Å²) in [5.74, 6) is -0.281. The number of hydrogen-bond acceptors (Lipinski definition) is 5. The highest BCUT2D eigenvalue weighted by Crippen LogP contribution is 2.53. The molecule has 4 rings (SSSR count). The number of aliphatic hydroxyl groups is 1. The zero-order chi connectivity index (χ0) is 20.9. The largest absolute Gasteiger partial charge is 0.398 e. The molecular formula is C21H24ClFN4O2. The Morgan fingerprint density at radius 3 is 2.86 bits per heavy atom. The quantitative estimate of drug-likeness (QED) is 0.665. The number of benzene rings is 1. The summed E-state index contributed by atoms with van der Waals surface area (Å²) in [6.45, 7) is 0.841. The number of aliphatic hydroxyl groups excluding tert-OH is 1. The van der Waals surface area contributed by atoms with Gasteiger partial charge in [0.25, 0.3) is 5.91 Å². The number of carbonyl (C=O) groups is 1. The van der Waals surface area contributed by atoms with Gasteiger partial charge in [0.15, 0.2) is 0 Å². The molecule has 6 nitrogen and oxygen atoms in total. The number of carbonyl (C=O) groups excluding carboxylic acids is 1. The normalized spacial score (nSPS) is 22.6. The molecule has 0 bridgehead atoms. The fourth-order valence-electron chi connectivity index (χ4n) is 4.66. The van der Waals surface area contributed by atoms with Gasteiger partial charge >= 0.3 is 0 Å². The Morgan fingerprint density at radius 2 is 2.21 bits per heavy atom. The Bertz CT molecular complexity index is 997. The van der Waals surface area contributed by atoms with Crippen LogP contribution in [0.3, 0.4) is 0 Å². The van der Waals surface area contributed by atoms with Crippen LogP contribution >= 0.6 is 11.6 Å². The number of hydrogen-bond donors (Lipinski definition) is 3. The number of nitrogens with one attached hydrogen (secondary N) is 1. The number of nitrogens with two attached hydrogens (primary N) is 1. The SMILES string of the molecule is CN(C)C(=O)c1c(N)ccc(-c2cnc3c(c2Cl)[C@@]2(CC[C@H](CO)C2)CN3)c1F. The number of pyridine rings is 1. The predicted molar refractivity (Wildman–Crippen MR) is 112 cm³/mol. The highest BCUT2D eigenvalue weighted by atomic mass is 35.5. The van der Waals surface area contributed by atoms with Crippen LogP contribution < -0.4 is 11.1 Å². The standard InChI is InChI=1S/C21H24ClFN4O2/c1-27(2)20(29)15-14(24)4-3-12(18(15)23)13-8-25-19-16(17(13)22)21(10-26-19)6-5-11(7-21)9-28/h3-4,8,11,28H,5-7,9-10,24H2,1-2H3,(H,25,26)/t11-,21+/m0/s1. The van der Waals surface area contributed by atoms with E-state index in [0.717, 1.165) is 24.8 Å². The van der Waals surface area contributed by atoms with Crippen molar-refractivity contribution in [3.05, 3.63) is 40.3 Å². The molecule has 1 amide bonds. The van der Waals surface area contributed by atoms with Crippen molar-refractivity contribution in [1.82, 2.24) is 9.88 Å². The first kappa shape index (κ1) is 19.9. The van der Waals surface area contributed by atoms with Crippen molar-refractivity contribution in [3.8, 4) is 11.1 Å². The van der Waals surface area contributed by atoms with Crippen LogP contribution in [0.4, 0.5) is 15.9 Å². The van der Waals surface area contributed by atoms with Crippen LogP contribution in [0.1, 0.15) is 35.2 Å². The van der Waals surface area contributed by atoms with Gasteiger partial charge in [0, 0.05) is 61.2 Å². The second kappa shape index (κ2) is 7.15. The Kier molecular flexibility index (Phi) is 4.91. The molecule has 2 aromatic rings. The molecule has 2 atom stereocenters. The number of aromatic nitrogens is 1. The van der Waals surface area contributed by atoms with Gasteiger partial charge in [0.05, 0.1) is 10.6 Å². The van der Waals surface area contributed by atoms with Gasteiger partial charge in [0.2, 0.25) is 0 Å². The van der Waals surface area contributed by atoms with Crippen molar-refractivity contribution in [1.29, 1.82) is 0 Å². The molecule has 1 aliphatic heterocycles. The van der Waals surface area contributed by atoms with Crippen LogP contribution in [0.5, 0.6) is 0 Å². The predicted octanol–water partition coefficient (Wildman–Crippen LogP) is 3.28. The summed E-state index contributed by atoms with van der Waals surface area (Å²) in [5.41, 5.74) is 7.10. The van der Waals surface area contributed by atoms with E-state index in [4.69, 9.17) is 17.3 Å². The van der Waals surface area contributed by atoms with Crippen LogP contribution in [0.15, 0.2) is 18.3 Å². The van der Waals surface area contributed by atoms with E-state index in [0.29, 0.717) is 22.9 Å². The van der Waals surface area contributed by atoms with Gasteiger partial charge in [-0.1, -0.05) is 11.6 Å². The first-order chi connectivity index (χ1) is 13.8. The van der Waals surface area contributed by atoms with Crippen LogP contribution in [0.2, 0.25) is 5.02 Å². The number of amides is 1. The average Bonchev–Trinajstić information content (AvgIpc) is 3.27. The number of fused-ring (bicyclic) bond motifs is 2. The number of rotatable bonds is 3. The molecule has 2 heterocycles. The Morgan fingerprint density at radius 1 is 1.45 bits per heavy atom. The summed E-state index contributed by atoms with van der Waals surface area (Å²) in [5, 5.41) is 13.3. The van der Waals surface area contributed by atoms with Gasteiger partial charge in [-0.15, -0.1) is 0 Å². The van der Waals surface area contributed by atoms with Crippen LogP contribution in [0.25, 0.3) is 11.1 Å². The lowest BCUT2D eigenvalue weighted by Gasteiger charge is -2.25. The molecule has 1 aromatic heterocycles. The number of anilines is 2. The van der Waals surface area contributed by atoms with Gasteiger partial charge < -0.3 is 21.1 Å². The van der Waals surface area contributed by atoms with Crippen molar-refractivity contribution in [3.63, 3.8) is 0 Å². The minimum Gasteiger partial charge on any atom is -0.398 e. The number of halogens is 2. The molecule has 0 radical (unpaired) electrons. The van der Waals surface area contributed by atoms with Gasteiger partial charge in [-0.25, -0.2) is 9.37 Å². The molecule has 1 spiro atoms. The highest BCUT2D eigenvalue weighted by Gasteiger charge is 2.47. The smallest absolute Gasteiger partial charge is 0.258 e. The Balaban J connectivity index is 1.85. The molecule has 0 unspecified atom stereocenters. The zero-order valence-electron chi connectivity index (χ0n) is 16.4. The fraction of sp³-hybridized carbons (Fsp3) is 0.429. The summed E-state index contributed by atoms with van der Waals surface area (Å²) in [6, 6.07) is 3.05. The molecule has 1 aliphatic carbocycles. The Hall–Kier alpha value is -2.38. The van der Waals surface area contributed by atoms with E-state index in [1.54, 1.807) is 14.1 Å². The molecule has 154 valence electrons. The summed E-state index contributed by atoms with van der Waals surface area (Å²) in [7, 11) is 3.09. The Labute approximate surface area is 173 Å². The van der Waals surface area contributed by atoms with Crippen LogP contribution in [-0.2, 0) is 5.41 Å². The summed E-state index contributed by atoms with van der Waals surface area (Å²) in [4.78, 5) is 18.2. The maximum absolute atomic E-state index is 15.4. The second-order valence-electron chi connectivity index (χ2n) is 8.23. The molecule has 4 N–H and O–H groups in total. The molecular weight excluding hydrogens is 395 g/mol. The lowest BCUT2D eigenvalue weighted by molar-refractivity contribution is 0.0824. The van der Waals surface area contributed by atoms with Crippen molar-refractivity contribution < 1.29 is 14.3 Å². The number of nitrogen functional groups attached to an aromatic ring is 1. The van der Waals surface area contributed by atoms with Crippen LogP contribution in [0, 0.1) is 11.7 Å². The van der Waals surface area contributed by atoms with E-state index in [2.05, 4.69) is 10.3 Å². The second-order valence-corrected chi connectivity index (χ2v) is 8.60. The van der Waals surface area contributed by atoms with Crippen molar-refractivity contribution >= 4 is 29.0 Å². The summed E-state index contributed by atoms with van der Waals surface area (Å²) >= 11 is 6.82. The third-order valence-corrected chi connectivity index (χ3v) is 6.59. The summed E-state index contributed by atoms with van der Waals surface area (Å²) in [6.07, 6.45) is 4.14. The average molecular weight is 419 g/mol. The highest BCUT2D eigenvalue weighted by molar-refractivity contribution is 6.34. The maximum Gasteiger partial charge on any atom is 0.258 e. The molecule has 1 fully saturated rings. The molecule has 8 heteroatoms. The zero-order valence-corrected chi connectivity index (χ0v) is 17.2.